The van der Waals surface area contributed by atoms with Crippen molar-refractivity contribution in [1.82, 2.24) is 9.88 Å². The number of hydrogen-bond donors (Lipinski definition) is 2. The van der Waals surface area contributed by atoms with Crippen LogP contribution >= 0.6 is 0 Å². The Hall–Kier alpha value is -1.35. The van der Waals surface area contributed by atoms with E-state index in [0.717, 1.165) is 5.56 Å². The summed E-state index contributed by atoms with van der Waals surface area (Å²) in [6, 6.07) is 4.12. The number of aliphatic hydroxyl groups is 1. The van der Waals surface area contributed by atoms with Crippen LogP contribution in [0.3, 0.4) is 0 Å². The van der Waals surface area contributed by atoms with Gasteiger partial charge in [-0.05, 0) is 18.1 Å². The normalized spacial score (nSPS) is 12.4. The maximum absolute atomic E-state index is 8.90. The molecule has 0 aliphatic carbocycles. The molecular weight excluding hydrogens is 218 g/mol. The summed E-state index contributed by atoms with van der Waals surface area (Å²) < 4.78 is 6.86. The van der Waals surface area contributed by atoms with Crippen molar-refractivity contribution in [3.8, 4) is 6.07 Å². The van der Waals surface area contributed by atoms with Gasteiger partial charge in [0.2, 0.25) is 0 Å². The van der Waals surface area contributed by atoms with Crippen LogP contribution in [0.4, 0.5) is 0 Å². The van der Waals surface area contributed by atoms with Gasteiger partial charge in [0.15, 0.2) is 0 Å². The highest BCUT2D eigenvalue weighted by molar-refractivity contribution is 5.28. The molecule has 94 valence electrons. The van der Waals surface area contributed by atoms with Crippen molar-refractivity contribution >= 4 is 0 Å². The quantitative estimate of drug-likeness (QED) is 0.719. The number of aryl methyl sites for hydroxylation is 1. The van der Waals surface area contributed by atoms with Gasteiger partial charge in [0.1, 0.15) is 11.8 Å². The van der Waals surface area contributed by atoms with E-state index in [1.165, 1.54) is 0 Å². The fraction of sp³-hybridized carbons (Fsp3) is 0.583. The first kappa shape index (κ1) is 13.7. The first-order chi connectivity index (χ1) is 8.21. The molecule has 0 fully saturated rings. The molecule has 1 rings (SSSR count). The molecule has 1 atom stereocenters. The molecule has 5 nitrogen and oxygen atoms in total. The van der Waals surface area contributed by atoms with Crippen molar-refractivity contribution in [2.24, 2.45) is 7.05 Å². The largest absolute Gasteiger partial charge is 0.396 e. The number of hydrogen-bond acceptors (Lipinski definition) is 4. The number of methoxy groups -OCH3 is 1. The molecule has 1 aromatic rings. The molecule has 0 bridgehead atoms. The van der Waals surface area contributed by atoms with E-state index in [0.29, 0.717) is 25.3 Å². The zero-order valence-electron chi connectivity index (χ0n) is 10.3. The van der Waals surface area contributed by atoms with Crippen molar-refractivity contribution in [3.63, 3.8) is 0 Å². The van der Waals surface area contributed by atoms with E-state index in [4.69, 9.17) is 15.1 Å². The van der Waals surface area contributed by atoms with Gasteiger partial charge in [-0.1, -0.05) is 0 Å². The van der Waals surface area contributed by atoms with Gasteiger partial charge in [-0.25, -0.2) is 0 Å². The third-order valence-electron chi connectivity index (χ3n) is 2.62. The third kappa shape index (κ3) is 4.19. The molecule has 1 aromatic heterocycles. The molecule has 1 heterocycles. The second kappa shape index (κ2) is 7.07. The Morgan fingerprint density at radius 3 is 2.94 bits per heavy atom. The number of nitriles is 1. The fourth-order valence-electron chi connectivity index (χ4n) is 1.70. The highest BCUT2D eigenvalue weighted by atomic mass is 16.5. The summed E-state index contributed by atoms with van der Waals surface area (Å²) >= 11 is 0. The predicted molar refractivity (Wildman–Crippen MR) is 64.3 cm³/mol. The molecule has 1 unspecified atom stereocenters. The number of nitrogens with one attached hydrogen (secondary N) is 1. The maximum Gasteiger partial charge on any atom is 0.120 e. The molecule has 0 aliphatic heterocycles. The van der Waals surface area contributed by atoms with Crippen LogP contribution in [0.5, 0.6) is 0 Å². The topological polar surface area (TPSA) is 70.2 Å². The van der Waals surface area contributed by atoms with Crippen molar-refractivity contribution in [2.75, 3.05) is 20.3 Å². The van der Waals surface area contributed by atoms with Gasteiger partial charge in [-0.3, -0.25) is 0 Å². The van der Waals surface area contributed by atoms with Gasteiger partial charge in [-0.15, -0.1) is 0 Å². The van der Waals surface area contributed by atoms with E-state index < -0.39 is 0 Å². The molecule has 0 spiro atoms. The molecule has 5 heteroatoms. The Labute approximate surface area is 102 Å². The van der Waals surface area contributed by atoms with Gasteiger partial charge in [0.05, 0.1) is 6.61 Å². The summed E-state index contributed by atoms with van der Waals surface area (Å²) in [5.41, 5.74) is 1.70. The average Bonchev–Trinajstić information content (AvgIpc) is 2.67. The average molecular weight is 237 g/mol. The Balaban J connectivity index is 2.50. The third-order valence-corrected chi connectivity index (χ3v) is 2.62. The van der Waals surface area contributed by atoms with E-state index >= 15 is 0 Å². The lowest BCUT2D eigenvalue weighted by molar-refractivity contribution is 0.148. The lowest BCUT2D eigenvalue weighted by Crippen LogP contribution is -2.33. The Morgan fingerprint density at radius 2 is 2.41 bits per heavy atom. The monoisotopic (exact) mass is 237 g/mol. The van der Waals surface area contributed by atoms with Crippen LogP contribution < -0.4 is 5.32 Å². The van der Waals surface area contributed by atoms with Crippen LogP contribution in [0, 0.1) is 11.3 Å². The predicted octanol–water partition coefficient (Wildman–Crippen LogP) is 0.384. The van der Waals surface area contributed by atoms with Gasteiger partial charge in [0.25, 0.3) is 0 Å². The van der Waals surface area contributed by atoms with E-state index in [2.05, 4.69) is 11.4 Å². The molecular formula is C12H19N3O2. The molecule has 0 amide bonds. The van der Waals surface area contributed by atoms with Gasteiger partial charge >= 0.3 is 0 Å². The van der Waals surface area contributed by atoms with Crippen molar-refractivity contribution in [3.05, 3.63) is 23.5 Å². The Bertz CT molecular complexity index is 376. The SMILES string of the molecule is COCC(CCO)NCc1cc(C#N)n(C)c1. The second-order valence-electron chi connectivity index (χ2n) is 4.00. The maximum atomic E-state index is 8.90. The van der Waals surface area contributed by atoms with Gasteiger partial charge in [-0.2, -0.15) is 5.26 Å². The molecule has 17 heavy (non-hydrogen) atoms. The Kier molecular flexibility index (Phi) is 5.70. The van der Waals surface area contributed by atoms with Crippen LogP contribution in [-0.4, -0.2) is 36.0 Å². The van der Waals surface area contributed by atoms with Crippen LogP contribution in [-0.2, 0) is 18.3 Å². The highest BCUT2D eigenvalue weighted by Crippen LogP contribution is 2.06. The van der Waals surface area contributed by atoms with E-state index in [9.17, 15) is 0 Å². The summed E-state index contributed by atoms with van der Waals surface area (Å²) in [6.07, 6.45) is 2.58. The van der Waals surface area contributed by atoms with Crippen LogP contribution in [0.15, 0.2) is 12.3 Å². The first-order valence-corrected chi connectivity index (χ1v) is 5.59. The number of rotatable bonds is 7. The van der Waals surface area contributed by atoms with Gasteiger partial charge in [0, 0.05) is 39.5 Å². The van der Waals surface area contributed by atoms with Crippen molar-refractivity contribution in [2.45, 2.75) is 19.0 Å². The van der Waals surface area contributed by atoms with Crippen molar-refractivity contribution < 1.29 is 9.84 Å². The van der Waals surface area contributed by atoms with Crippen LogP contribution in [0.2, 0.25) is 0 Å². The fourth-order valence-corrected chi connectivity index (χ4v) is 1.70. The summed E-state index contributed by atoms with van der Waals surface area (Å²) in [5.74, 6) is 0. The van der Waals surface area contributed by atoms with E-state index in [1.807, 2.05) is 19.3 Å². The minimum atomic E-state index is 0.135. The van der Waals surface area contributed by atoms with Gasteiger partial charge < -0.3 is 19.7 Å². The Morgan fingerprint density at radius 1 is 1.65 bits per heavy atom. The molecule has 2 N–H and O–H groups in total. The van der Waals surface area contributed by atoms with E-state index in [1.54, 1.807) is 11.7 Å². The number of aliphatic hydroxyl groups excluding tert-OH is 1. The number of nitrogens with zero attached hydrogens (tertiary/aromatic N) is 2. The zero-order valence-corrected chi connectivity index (χ0v) is 10.3. The zero-order chi connectivity index (χ0) is 12.7. The summed E-state index contributed by atoms with van der Waals surface area (Å²) in [4.78, 5) is 0. The molecule has 0 saturated carbocycles. The number of aromatic nitrogens is 1. The molecule has 0 aliphatic rings. The minimum absolute atomic E-state index is 0.135. The van der Waals surface area contributed by atoms with E-state index in [-0.39, 0.29) is 12.6 Å². The first-order valence-electron chi connectivity index (χ1n) is 5.59. The lowest BCUT2D eigenvalue weighted by Gasteiger charge is -2.16. The highest BCUT2D eigenvalue weighted by Gasteiger charge is 2.08. The van der Waals surface area contributed by atoms with Crippen molar-refractivity contribution in [1.29, 1.82) is 5.26 Å². The molecule has 0 radical (unpaired) electrons. The van der Waals surface area contributed by atoms with Crippen LogP contribution in [0.25, 0.3) is 0 Å². The molecule has 0 aromatic carbocycles. The summed E-state index contributed by atoms with van der Waals surface area (Å²) in [5, 5.41) is 21.0. The minimum Gasteiger partial charge on any atom is -0.396 e. The van der Waals surface area contributed by atoms with Crippen LogP contribution in [0.1, 0.15) is 17.7 Å². The smallest absolute Gasteiger partial charge is 0.120 e. The summed E-state index contributed by atoms with van der Waals surface area (Å²) in [6.45, 7) is 1.38. The summed E-state index contributed by atoms with van der Waals surface area (Å²) in [7, 11) is 3.49. The lowest BCUT2D eigenvalue weighted by atomic mass is 10.2. The second-order valence-corrected chi connectivity index (χ2v) is 4.00. The molecule has 0 saturated heterocycles. The number of ether oxygens (including phenoxy) is 1. The standard InChI is InChI=1S/C12H19N3O2/c1-15-8-10(5-12(15)6-13)7-14-11(3-4-16)9-17-2/h5,8,11,14,16H,3-4,7,9H2,1-2H3.